The minimum Gasteiger partial charge on any atom is -0.490 e. The average Bonchev–Trinajstić information content (AvgIpc) is 3.07. The number of aliphatic hydroxyl groups excluding tert-OH is 2. The molecule has 1 aliphatic rings. The van der Waals surface area contributed by atoms with Crippen LogP contribution in [-0.2, 0) is 25.5 Å². The van der Waals surface area contributed by atoms with Crippen LogP contribution in [0.4, 0.5) is 0 Å². The zero-order valence-electron chi connectivity index (χ0n) is 27.0. The summed E-state index contributed by atoms with van der Waals surface area (Å²) >= 11 is 0. The molecule has 0 amide bonds. The van der Waals surface area contributed by atoms with Gasteiger partial charge in [0.25, 0.3) is 0 Å². The molecule has 246 valence electrons. The first-order chi connectivity index (χ1) is 21.8. The fourth-order valence-corrected chi connectivity index (χ4v) is 5.76. The van der Waals surface area contributed by atoms with Crippen molar-refractivity contribution in [3.8, 4) is 22.6 Å². The third-order valence-electron chi connectivity index (χ3n) is 8.37. The number of hydrogen-bond acceptors (Lipinski definition) is 8. The maximum absolute atomic E-state index is 11.8. The molecule has 0 spiro atoms. The molecule has 0 aromatic heterocycles. The SMILES string of the molecule is C=C(CO)C(=O)OCCOc1cc(OCCOC(=O)C(=C)CO)cc(-c2ccc(C3CCC(CCCCC)CC3)c(CC)c2)c1. The van der Waals surface area contributed by atoms with Crippen LogP contribution in [0, 0.1) is 5.92 Å². The summed E-state index contributed by atoms with van der Waals surface area (Å²) in [5.74, 6) is 1.16. The molecule has 1 aliphatic carbocycles. The second-order valence-corrected chi connectivity index (χ2v) is 11.7. The third-order valence-corrected chi connectivity index (χ3v) is 8.37. The molecular weight excluding hydrogens is 572 g/mol. The lowest BCUT2D eigenvalue weighted by Gasteiger charge is -2.30. The number of rotatable bonds is 19. The van der Waals surface area contributed by atoms with Crippen LogP contribution in [0.3, 0.4) is 0 Å². The summed E-state index contributed by atoms with van der Waals surface area (Å²) in [5.41, 5.74) is 4.70. The Labute approximate surface area is 268 Å². The topological polar surface area (TPSA) is 112 Å². The molecule has 0 heterocycles. The molecule has 0 unspecified atom stereocenters. The van der Waals surface area contributed by atoms with E-state index in [0.717, 1.165) is 23.5 Å². The molecule has 45 heavy (non-hydrogen) atoms. The number of carbonyl (C=O) groups is 2. The summed E-state index contributed by atoms with van der Waals surface area (Å²) in [6.07, 6.45) is 11.4. The van der Waals surface area contributed by atoms with Crippen molar-refractivity contribution >= 4 is 11.9 Å². The molecule has 3 rings (SSSR count). The van der Waals surface area contributed by atoms with E-state index in [-0.39, 0.29) is 37.6 Å². The highest BCUT2D eigenvalue weighted by Crippen LogP contribution is 2.40. The van der Waals surface area contributed by atoms with Crippen LogP contribution >= 0.6 is 0 Å². The van der Waals surface area contributed by atoms with Gasteiger partial charge in [0, 0.05) is 6.07 Å². The van der Waals surface area contributed by atoms with Gasteiger partial charge in [0.1, 0.15) is 37.9 Å². The maximum Gasteiger partial charge on any atom is 0.335 e. The zero-order valence-corrected chi connectivity index (χ0v) is 27.0. The van der Waals surface area contributed by atoms with E-state index in [2.05, 4.69) is 45.2 Å². The van der Waals surface area contributed by atoms with E-state index in [1.165, 1.54) is 62.5 Å². The molecule has 2 aromatic carbocycles. The Morgan fingerprint density at radius 1 is 0.756 bits per heavy atom. The number of carbonyl (C=O) groups excluding carboxylic acids is 2. The molecule has 1 saturated carbocycles. The smallest absolute Gasteiger partial charge is 0.335 e. The minimum absolute atomic E-state index is 0.0154. The Kier molecular flexibility index (Phi) is 15.2. The first kappa shape index (κ1) is 35.9. The number of aliphatic hydroxyl groups is 2. The molecule has 0 atom stereocenters. The van der Waals surface area contributed by atoms with E-state index in [1.807, 2.05) is 12.1 Å². The Morgan fingerprint density at radius 2 is 1.33 bits per heavy atom. The summed E-state index contributed by atoms with van der Waals surface area (Å²) in [4.78, 5) is 23.6. The molecule has 0 radical (unpaired) electrons. The van der Waals surface area contributed by atoms with Gasteiger partial charge in [0.05, 0.1) is 24.4 Å². The van der Waals surface area contributed by atoms with Gasteiger partial charge < -0.3 is 29.2 Å². The first-order valence-electron chi connectivity index (χ1n) is 16.2. The van der Waals surface area contributed by atoms with Crippen molar-refractivity contribution in [2.45, 2.75) is 77.6 Å². The maximum atomic E-state index is 11.8. The van der Waals surface area contributed by atoms with Crippen molar-refractivity contribution in [2.75, 3.05) is 39.6 Å². The number of benzene rings is 2. The van der Waals surface area contributed by atoms with Gasteiger partial charge in [-0.3, -0.25) is 0 Å². The Balaban J connectivity index is 1.74. The number of unbranched alkanes of at least 4 members (excludes halogenated alkanes) is 2. The van der Waals surface area contributed by atoms with Crippen LogP contribution < -0.4 is 9.47 Å². The molecule has 1 fully saturated rings. The fraction of sp³-hybridized carbons (Fsp3) is 0.514. The van der Waals surface area contributed by atoms with Gasteiger partial charge in [-0.15, -0.1) is 0 Å². The van der Waals surface area contributed by atoms with Crippen LogP contribution in [0.25, 0.3) is 11.1 Å². The summed E-state index contributed by atoms with van der Waals surface area (Å²) < 4.78 is 22.0. The van der Waals surface area contributed by atoms with Crippen LogP contribution in [0.5, 0.6) is 11.5 Å². The van der Waals surface area contributed by atoms with E-state index >= 15 is 0 Å². The molecule has 0 aliphatic heterocycles. The van der Waals surface area contributed by atoms with Gasteiger partial charge in [-0.2, -0.15) is 0 Å². The highest BCUT2D eigenvalue weighted by atomic mass is 16.6. The van der Waals surface area contributed by atoms with E-state index < -0.39 is 25.2 Å². The molecule has 8 heteroatoms. The standard InChI is InChI=1S/C37H50O8/c1-5-7-8-9-28-10-12-30(13-11-28)35-15-14-31(20-29(35)6-2)32-21-33(42-16-18-44-36(40)26(3)24-38)23-34(22-32)43-17-19-45-37(41)27(4)25-39/h14-15,20-23,28,30,38-39H,3-13,16-19,24-25H2,1-2H3. The number of hydrogen-bond donors (Lipinski definition) is 2. The van der Waals surface area contributed by atoms with Crippen molar-refractivity contribution in [3.63, 3.8) is 0 Å². The normalized spacial score (nSPS) is 16.1. The lowest BCUT2D eigenvalue weighted by Crippen LogP contribution is -2.15. The molecular formula is C37H50O8. The van der Waals surface area contributed by atoms with Crippen molar-refractivity contribution in [1.29, 1.82) is 0 Å². The predicted octanol–water partition coefficient (Wildman–Crippen LogP) is 6.71. The van der Waals surface area contributed by atoms with E-state index in [4.69, 9.17) is 29.2 Å². The highest BCUT2D eigenvalue weighted by Gasteiger charge is 2.24. The second kappa shape index (κ2) is 19.0. The van der Waals surface area contributed by atoms with Crippen LogP contribution in [0.1, 0.15) is 82.3 Å². The molecule has 0 bridgehead atoms. The van der Waals surface area contributed by atoms with Gasteiger partial charge in [0.15, 0.2) is 0 Å². The highest BCUT2D eigenvalue weighted by molar-refractivity contribution is 5.88. The molecule has 0 saturated heterocycles. The van der Waals surface area contributed by atoms with Crippen LogP contribution in [0.2, 0.25) is 0 Å². The van der Waals surface area contributed by atoms with Gasteiger partial charge in [-0.1, -0.05) is 70.9 Å². The van der Waals surface area contributed by atoms with Gasteiger partial charge >= 0.3 is 11.9 Å². The van der Waals surface area contributed by atoms with Gasteiger partial charge in [0.2, 0.25) is 0 Å². The lowest BCUT2D eigenvalue weighted by atomic mass is 9.75. The lowest BCUT2D eigenvalue weighted by molar-refractivity contribution is -0.141. The first-order valence-corrected chi connectivity index (χ1v) is 16.2. The fourth-order valence-electron chi connectivity index (χ4n) is 5.76. The number of aryl methyl sites for hydroxylation is 1. The predicted molar refractivity (Wildman–Crippen MR) is 175 cm³/mol. The van der Waals surface area contributed by atoms with Gasteiger partial charge in [-0.25, -0.2) is 9.59 Å². The van der Waals surface area contributed by atoms with E-state index in [9.17, 15) is 9.59 Å². The van der Waals surface area contributed by atoms with Crippen LogP contribution in [-0.4, -0.2) is 61.8 Å². The Morgan fingerprint density at radius 3 is 1.84 bits per heavy atom. The van der Waals surface area contributed by atoms with Crippen molar-refractivity contribution < 1.29 is 38.7 Å². The summed E-state index contributed by atoms with van der Waals surface area (Å²) in [7, 11) is 0. The zero-order chi connectivity index (χ0) is 32.6. The van der Waals surface area contributed by atoms with Crippen molar-refractivity contribution in [2.24, 2.45) is 5.92 Å². The molecule has 2 aromatic rings. The van der Waals surface area contributed by atoms with E-state index in [0.29, 0.717) is 17.4 Å². The average molecular weight is 623 g/mol. The number of esters is 2. The Bertz CT molecular complexity index is 1220. The summed E-state index contributed by atoms with van der Waals surface area (Å²) in [6, 6.07) is 12.3. The van der Waals surface area contributed by atoms with Crippen molar-refractivity contribution in [3.05, 3.63) is 71.8 Å². The van der Waals surface area contributed by atoms with Crippen LogP contribution in [0.15, 0.2) is 60.7 Å². The Hall–Kier alpha value is -3.62. The second-order valence-electron chi connectivity index (χ2n) is 11.7. The largest absolute Gasteiger partial charge is 0.490 e. The molecule has 8 nitrogen and oxygen atoms in total. The monoisotopic (exact) mass is 622 g/mol. The minimum atomic E-state index is -0.672. The third kappa shape index (κ3) is 11.4. The molecule has 2 N–H and O–H groups in total. The summed E-state index contributed by atoms with van der Waals surface area (Å²) in [5, 5.41) is 18.1. The number of ether oxygens (including phenoxy) is 4. The van der Waals surface area contributed by atoms with Crippen molar-refractivity contribution in [1.82, 2.24) is 0 Å². The van der Waals surface area contributed by atoms with E-state index in [1.54, 1.807) is 6.07 Å². The van der Waals surface area contributed by atoms with Gasteiger partial charge in [-0.05, 0) is 78.3 Å². The summed E-state index contributed by atoms with van der Waals surface area (Å²) in [6.45, 7) is 10.6. The quantitative estimate of drug-likeness (QED) is 0.101.